The van der Waals surface area contributed by atoms with Gasteiger partial charge in [0.1, 0.15) is 0 Å². The molecule has 0 bridgehead atoms. The van der Waals surface area contributed by atoms with Gasteiger partial charge in [-0.15, -0.1) is 0 Å². The molecule has 102 valence electrons. The summed E-state index contributed by atoms with van der Waals surface area (Å²) in [5.41, 5.74) is -0.574. The van der Waals surface area contributed by atoms with Crippen LogP contribution in [0, 0.1) is 10.1 Å². The summed E-state index contributed by atoms with van der Waals surface area (Å²) in [5.74, 6) is -1.05. The molecule has 0 saturated carbocycles. The van der Waals surface area contributed by atoms with Gasteiger partial charge >= 0.3 is 5.97 Å². The van der Waals surface area contributed by atoms with Crippen molar-refractivity contribution in [3.05, 3.63) is 33.9 Å². The third-order valence-electron chi connectivity index (χ3n) is 2.25. The number of nitrogens with one attached hydrogen (secondary N) is 1. The van der Waals surface area contributed by atoms with E-state index in [2.05, 4.69) is 5.32 Å². The van der Waals surface area contributed by atoms with Crippen molar-refractivity contribution in [3.8, 4) is 0 Å². The van der Waals surface area contributed by atoms with E-state index in [1.165, 1.54) is 17.8 Å². The third-order valence-corrected chi connectivity index (χ3v) is 2.86. The topological polar surface area (TPSA) is 110 Å². The number of hydrogen-bond donors (Lipinski definition) is 2. The molecule has 0 spiro atoms. The molecule has 2 N–H and O–H groups in total. The predicted octanol–water partition coefficient (Wildman–Crippen LogP) is 1.98. The van der Waals surface area contributed by atoms with E-state index in [4.69, 9.17) is 5.11 Å². The molecular weight excluding hydrogens is 272 g/mol. The Balaban J connectivity index is 2.97. The lowest BCUT2D eigenvalue weighted by Gasteiger charge is -2.07. The number of hydrogen-bond acceptors (Lipinski definition) is 5. The summed E-state index contributed by atoms with van der Waals surface area (Å²) in [5, 5.41) is 22.0. The van der Waals surface area contributed by atoms with E-state index in [0.29, 0.717) is 5.75 Å². The maximum atomic E-state index is 11.5. The SMILES string of the molecule is CSCCC(=O)Nc1ccc([N+](=O)[O-])cc1C(=O)O. The van der Waals surface area contributed by atoms with Gasteiger partial charge in [-0.1, -0.05) is 0 Å². The molecule has 1 amide bonds. The largest absolute Gasteiger partial charge is 0.478 e. The van der Waals surface area contributed by atoms with Gasteiger partial charge in [0.15, 0.2) is 0 Å². The molecule has 8 heteroatoms. The molecule has 0 heterocycles. The molecule has 7 nitrogen and oxygen atoms in total. The molecule has 1 aromatic rings. The van der Waals surface area contributed by atoms with E-state index in [-0.39, 0.29) is 29.3 Å². The first-order chi connectivity index (χ1) is 8.95. The van der Waals surface area contributed by atoms with E-state index in [1.807, 2.05) is 6.26 Å². The fraction of sp³-hybridized carbons (Fsp3) is 0.273. The number of carboxylic acids is 1. The van der Waals surface area contributed by atoms with Crippen LogP contribution in [0.3, 0.4) is 0 Å². The number of nitro groups is 1. The van der Waals surface area contributed by atoms with Gasteiger partial charge in [-0.3, -0.25) is 14.9 Å². The van der Waals surface area contributed by atoms with E-state index in [1.54, 1.807) is 0 Å². The number of thioether (sulfide) groups is 1. The Kier molecular flexibility index (Phi) is 5.31. The molecule has 0 aliphatic carbocycles. The van der Waals surface area contributed by atoms with Gasteiger partial charge in [-0.25, -0.2) is 4.79 Å². The summed E-state index contributed by atoms with van der Waals surface area (Å²) in [7, 11) is 0. The first-order valence-corrected chi connectivity index (χ1v) is 6.65. The second-order valence-electron chi connectivity index (χ2n) is 3.58. The summed E-state index contributed by atoms with van der Waals surface area (Å²) in [6.07, 6.45) is 2.10. The van der Waals surface area contributed by atoms with Gasteiger partial charge in [-0.2, -0.15) is 11.8 Å². The first-order valence-electron chi connectivity index (χ1n) is 5.26. The minimum atomic E-state index is -1.33. The maximum Gasteiger partial charge on any atom is 0.338 e. The Bertz CT molecular complexity index is 518. The van der Waals surface area contributed by atoms with Crippen LogP contribution in [0.5, 0.6) is 0 Å². The number of nitrogens with zero attached hydrogens (tertiary/aromatic N) is 1. The molecule has 0 unspecified atom stereocenters. The second-order valence-corrected chi connectivity index (χ2v) is 4.57. The molecular formula is C11H12N2O5S. The highest BCUT2D eigenvalue weighted by molar-refractivity contribution is 7.98. The summed E-state index contributed by atoms with van der Waals surface area (Å²) >= 11 is 1.49. The van der Waals surface area contributed by atoms with Crippen LogP contribution < -0.4 is 5.32 Å². The fourth-order valence-electron chi connectivity index (χ4n) is 1.34. The lowest BCUT2D eigenvalue weighted by Crippen LogP contribution is -2.15. The Morgan fingerprint density at radius 1 is 1.47 bits per heavy atom. The van der Waals surface area contributed by atoms with Crippen molar-refractivity contribution >= 4 is 35.0 Å². The predicted molar refractivity (Wildman–Crippen MR) is 71.7 cm³/mol. The molecule has 1 rings (SSSR count). The lowest BCUT2D eigenvalue weighted by molar-refractivity contribution is -0.384. The number of aromatic carboxylic acids is 1. The quantitative estimate of drug-likeness (QED) is 0.610. The van der Waals surface area contributed by atoms with Crippen LogP contribution in [0.1, 0.15) is 16.8 Å². The molecule has 1 aromatic carbocycles. The van der Waals surface area contributed by atoms with Crippen molar-refractivity contribution in [1.82, 2.24) is 0 Å². The van der Waals surface area contributed by atoms with Crippen LogP contribution in [0.15, 0.2) is 18.2 Å². The highest BCUT2D eigenvalue weighted by atomic mass is 32.2. The number of carboxylic acid groups (broad SMARTS) is 1. The van der Waals surface area contributed by atoms with Gasteiger partial charge in [0.2, 0.25) is 5.91 Å². The molecule has 0 atom stereocenters. The Hall–Kier alpha value is -2.09. The number of anilines is 1. The molecule has 0 saturated heterocycles. The van der Waals surface area contributed by atoms with Gasteiger partial charge < -0.3 is 10.4 Å². The molecule has 0 fully saturated rings. The smallest absolute Gasteiger partial charge is 0.338 e. The number of benzene rings is 1. The van der Waals surface area contributed by atoms with E-state index in [9.17, 15) is 19.7 Å². The van der Waals surface area contributed by atoms with Crippen molar-refractivity contribution in [2.24, 2.45) is 0 Å². The van der Waals surface area contributed by atoms with Crippen LogP contribution in [0.2, 0.25) is 0 Å². The summed E-state index contributed by atoms with van der Waals surface area (Å²) in [4.78, 5) is 32.4. The highest BCUT2D eigenvalue weighted by Gasteiger charge is 2.17. The van der Waals surface area contributed by atoms with Crippen LogP contribution in [0.4, 0.5) is 11.4 Å². The maximum absolute atomic E-state index is 11.5. The van der Waals surface area contributed by atoms with Crippen LogP contribution in [0.25, 0.3) is 0 Å². The molecule has 19 heavy (non-hydrogen) atoms. The van der Waals surface area contributed by atoms with E-state index in [0.717, 1.165) is 12.1 Å². The van der Waals surface area contributed by atoms with Crippen molar-refractivity contribution < 1.29 is 19.6 Å². The Morgan fingerprint density at radius 2 is 2.16 bits per heavy atom. The zero-order valence-electron chi connectivity index (χ0n) is 10.1. The normalized spacial score (nSPS) is 9.95. The minimum Gasteiger partial charge on any atom is -0.478 e. The van der Waals surface area contributed by atoms with Crippen molar-refractivity contribution in [1.29, 1.82) is 0 Å². The minimum absolute atomic E-state index is 0.0594. The number of carbonyl (C=O) groups is 2. The van der Waals surface area contributed by atoms with Gasteiger partial charge in [-0.05, 0) is 12.3 Å². The van der Waals surface area contributed by atoms with Gasteiger partial charge in [0.25, 0.3) is 5.69 Å². The van der Waals surface area contributed by atoms with Gasteiger partial charge in [0, 0.05) is 24.3 Å². The average Bonchev–Trinajstić information content (AvgIpc) is 2.36. The van der Waals surface area contributed by atoms with E-state index < -0.39 is 10.9 Å². The van der Waals surface area contributed by atoms with Crippen LogP contribution in [-0.4, -0.2) is 33.9 Å². The summed E-state index contributed by atoms with van der Waals surface area (Å²) in [6.45, 7) is 0. The number of rotatable bonds is 6. The van der Waals surface area contributed by atoms with Crippen molar-refractivity contribution in [2.45, 2.75) is 6.42 Å². The zero-order valence-corrected chi connectivity index (χ0v) is 10.9. The zero-order chi connectivity index (χ0) is 14.4. The van der Waals surface area contributed by atoms with Crippen molar-refractivity contribution in [2.75, 3.05) is 17.3 Å². The van der Waals surface area contributed by atoms with Gasteiger partial charge in [0.05, 0.1) is 16.2 Å². The lowest BCUT2D eigenvalue weighted by atomic mass is 10.1. The summed E-state index contributed by atoms with van der Waals surface area (Å²) in [6, 6.07) is 3.29. The Labute approximate surface area is 113 Å². The number of amides is 1. The van der Waals surface area contributed by atoms with Crippen LogP contribution in [-0.2, 0) is 4.79 Å². The molecule has 0 aliphatic heterocycles. The average molecular weight is 284 g/mol. The fourth-order valence-corrected chi connectivity index (χ4v) is 1.73. The van der Waals surface area contributed by atoms with E-state index >= 15 is 0 Å². The highest BCUT2D eigenvalue weighted by Crippen LogP contribution is 2.22. The number of non-ortho nitro benzene ring substituents is 1. The Morgan fingerprint density at radius 3 is 2.68 bits per heavy atom. The van der Waals surface area contributed by atoms with Crippen molar-refractivity contribution in [3.63, 3.8) is 0 Å². The molecule has 0 aromatic heterocycles. The standard InChI is InChI=1S/C11H12N2O5S/c1-19-5-4-10(14)12-9-3-2-7(13(17)18)6-8(9)11(15)16/h2-3,6H,4-5H2,1H3,(H,12,14)(H,15,16). The summed E-state index contributed by atoms with van der Waals surface area (Å²) < 4.78 is 0. The second kappa shape index (κ2) is 6.74. The number of nitro benzene ring substituents is 1. The third kappa shape index (κ3) is 4.25. The van der Waals surface area contributed by atoms with Crippen LogP contribution >= 0.6 is 11.8 Å². The number of carbonyl (C=O) groups excluding carboxylic acids is 1. The molecule has 0 aliphatic rings. The monoisotopic (exact) mass is 284 g/mol. The first kappa shape index (κ1) is 15.0. The molecule has 0 radical (unpaired) electrons.